The highest BCUT2D eigenvalue weighted by Gasteiger charge is 2.21. The summed E-state index contributed by atoms with van der Waals surface area (Å²) in [5.74, 6) is -2.24. The Bertz CT molecular complexity index is 1170. The number of hydrogen-bond donors (Lipinski definition) is 3. The molecule has 5 N–H and O–H groups in total. The molecule has 0 atom stereocenters. The van der Waals surface area contributed by atoms with Crippen LogP contribution >= 0.6 is 11.6 Å². The Hall–Kier alpha value is -3.50. The van der Waals surface area contributed by atoms with Gasteiger partial charge in [0, 0.05) is 30.6 Å². The standard InChI is InChI=1S/C21H22ClFN6O3/c22-15-6-3-4-13(19(15)23)10-26-17(30)11-28(9-8-24)18(31)12-29-16-7-2-1-5-14(16)20(27-29)21(25)32/h1-7H,8-12,24H2,(H2,25,32)(H,26,30). The van der Waals surface area contributed by atoms with E-state index in [1.165, 1.54) is 21.7 Å². The van der Waals surface area contributed by atoms with Gasteiger partial charge < -0.3 is 21.7 Å². The summed E-state index contributed by atoms with van der Waals surface area (Å²) >= 11 is 5.74. The van der Waals surface area contributed by atoms with Crippen molar-refractivity contribution in [1.82, 2.24) is 20.0 Å². The van der Waals surface area contributed by atoms with Gasteiger partial charge in [-0.3, -0.25) is 19.1 Å². The minimum Gasteiger partial charge on any atom is -0.364 e. The molecule has 32 heavy (non-hydrogen) atoms. The average molecular weight is 461 g/mol. The van der Waals surface area contributed by atoms with Crippen molar-refractivity contribution in [3.8, 4) is 0 Å². The van der Waals surface area contributed by atoms with Crippen LogP contribution in [0.3, 0.4) is 0 Å². The van der Waals surface area contributed by atoms with Gasteiger partial charge in [0.2, 0.25) is 11.8 Å². The number of nitrogens with two attached hydrogens (primary N) is 2. The molecule has 0 saturated heterocycles. The first kappa shape index (κ1) is 23.2. The Balaban J connectivity index is 1.69. The van der Waals surface area contributed by atoms with Crippen molar-refractivity contribution < 1.29 is 18.8 Å². The second kappa shape index (κ2) is 10.2. The summed E-state index contributed by atoms with van der Waals surface area (Å²) < 4.78 is 15.3. The molecule has 11 heteroatoms. The molecule has 0 aliphatic carbocycles. The SMILES string of the molecule is NCCN(CC(=O)NCc1cccc(Cl)c1F)C(=O)Cn1nc(C(N)=O)c2ccccc21. The summed E-state index contributed by atoms with van der Waals surface area (Å²) in [6.07, 6.45) is 0. The Kier molecular flexibility index (Phi) is 7.39. The van der Waals surface area contributed by atoms with E-state index < -0.39 is 23.5 Å². The topological polar surface area (TPSA) is 136 Å². The fourth-order valence-corrected chi connectivity index (χ4v) is 3.41. The summed E-state index contributed by atoms with van der Waals surface area (Å²) in [5, 5.41) is 7.20. The van der Waals surface area contributed by atoms with Gasteiger partial charge in [-0.25, -0.2) is 4.39 Å². The van der Waals surface area contributed by atoms with Crippen molar-refractivity contribution in [3.05, 3.63) is 64.6 Å². The van der Waals surface area contributed by atoms with Gasteiger partial charge in [0.1, 0.15) is 12.4 Å². The molecule has 168 valence electrons. The maximum absolute atomic E-state index is 14.0. The number of aromatic nitrogens is 2. The summed E-state index contributed by atoms with van der Waals surface area (Å²) in [7, 11) is 0. The number of hydrogen-bond acceptors (Lipinski definition) is 5. The van der Waals surface area contributed by atoms with E-state index in [-0.39, 0.29) is 49.0 Å². The first-order valence-electron chi connectivity index (χ1n) is 9.74. The van der Waals surface area contributed by atoms with E-state index in [0.717, 1.165) is 0 Å². The molecule has 0 aliphatic rings. The molecule has 0 bridgehead atoms. The van der Waals surface area contributed by atoms with Crippen LogP contribution in [0.1, 0.15) is 16.1 Å². The van der Waals surface area contributed by atoms with Gasteiger partial charge in [0.05, 0.1) is 17.1 Å². The predicted octanol–water partition coefficient (Wildman–Crippen LogP) is 1.03. The molecule has 0 fully saturated rings. The lowest BCUT2D eigenvalue weighted by molar-refractivity contribution is -0.136. The molecule has 3 rings (SSSR count). The van der Waals surface area contributed by atoms with Crippen LogP contribution in [0.2, 0.25) is 5.02 Å². The third-order valence-electron chi connectivity index (χ3n) is 4.77. The van der Waals surface area contributed by atoms with Gasteiger partial charge in [0.25, 0.3) is 5.91 Å². The van der Waals surface area contributed by atoms with Crippen LogP contribution in [-0.4, -0.2) is 52.0 Å². The molecule has 3 amide bonds. The number of nitrogens with zero attached hydrogens (tertiary/aromatic N) is 3. The fraction of sp³-hybridized carbons (Fsp3) is 0.238. The Morgan fingerprint density at radius 1 is 1.16 bits per heavy atom. The van der Waals surface area contributed by atoms with Crippen LogP contribution in [0.15, 0.2) is 42.5 Å². The van der Waals surface area contributed by atoms with E-state index in [9.17, 15) is 18.8 Å². The van der Waals surface area contributed by atoms with Gasteiger partial charge in [-0.15, -0.1) is 0 Å². The molecule has 0 spiro atoms. The molecule has 0 aliphatic heterocycles. The Morgan fingerprint density at radius 2 is 1.91 bits per heavy atom. The Morgan fingerprint density at radius 3 is 2.62 bits per heavy atom. The maximum atomic E-state index is 14.0. The van der Waals surface area contributed by atoms with Gasteiger partial charge in [0.15, 0.2) is 5.69 Å². The molecule has 9 nitrogen and oxygen atoms in total. The van der Waals surface area contributed by atoms with E-state index in [1.807, 2.05) is 0 Å². The van der Waals surface area contributed by atoms with E-state index >= 15 is 0 Å². The van der Waals surface area contributed by atoms with E-state index in [4.69, 9.17) is 23.1 Å². The fourth-order valence-electron chi connectivity index (χ4n) is 3.21. The van der Waals surface area contributed by atoms with Crippen molar-refractivity contribution in [2.24, 2.45) is 11.5 Å². The number of primary amides is 1. The highest BCUT2D eigenvalue weighted by Crippen LogP contribution is 2.19. The summed E-state index contributed by atoms with van der Waals surface area (Å²) in [6.45, 7) is -0.320. The van der Waals surface area contributed by atoms with Crippen molar-refractivity contribution >= 4 is 40.2 Å². The van der Waals surface area contributed by atoms with Gasteiger partial charge in [-0.2, -0.15) is 5.10 Å². The minimum atomic E-state index is -0.709. The minimum absolute atomic E-state index is 0.0431. The lowest BCUT2D eigenvalue weighted by atomic mass is 10.2. The molecule has 0 unspecified atom stereocenters. The summed E-state index contributed by atoms with van der Waals surface area (Å²) in [6, 6.07) is 11.4. The van der Waals surface area contributed by atoms with Crippen LogP contribution in [0, 0.1) is 5.82 Å². The molecule has 2 aromatic carbocycles. The number of halogens is 2. The van der Waals surface area contributed by atoms with Crippen molar-refractivity contribution in [3.63, 3.8) is 0 Å². The average Bonchev–Trinajstić information content (AvgIpc) is 3.13. The van der Waals surface area contributed by atoms with Crippen molar-refractivity contribution in [2.45, 2.75) is 13.1 Å². The van der Waals surface area contributed by atoms with Crippen molar-refractivity contribution in [2.75, 3.05) is 19.6 Å². The van der Waals surface area contributed by atoms with Crippen LogP contribution in [0.4, 0.5) is 4.39 Å². The number of fused-ring (bicyclic) bond motifs is 1. The summed E-state index contributed by atoms with van der Waals surface area (Å²) in [5.41, 5.74) is 11.8. The third kappa shape index (κ3) is 5.21. The molecular weight excluding hydrogens is 439 g/mol. The molecule has 3 aromatic rings. The summed E-state index contributed by atoms with van der Waals surface area (Å²) in [4.78, 5) is 38.2. The smallest absolute Gasteiger partial charge is 0.269 e. The number of carbonyl (C=O) groups excluding carboxylic acids is 3. The van der Waals surface area contributed by atoms with Crippen molar-refractivity contribution in [1.29, 1.82) is 0 Å². The maximum Gasteiger partial charge on any atom is 0.269 e. The number of carbonyl (C=O) groups is 3. The largest absolute Gasteiger partial charge is 0.364 e. The molecular formula is C21H22ClFN6O3. The zero-order valence-electron chi connectivity index (χ0n) is 17.1. The third-order valence-corrected chi connectivity index (χ3v) is 5.06. The Labute approximate surface area is 188 Å². The van der Waals surface area contributed by atoms with Gasteiger partial charge in [-0.1, -0.05) is 41.9 Å². The van der Waals surface area contributed by atoms with Gasteiger partial charge in [-0.05, 0) is 12.1 Å². The molecule has 0 saturated carbocycles. The predicted molar refractivity (Wildman–Crippen MR) is 117 cm³/mol. The van der Waals surface area contributed by atoms with Crippen LogP contribution in [0.5, 0.6) is 0 Å². The van der Waals surface area contributed by atoms with E-state index in [0.29, 0.717) is 10.9 Å². The van der Waals surface area contributed by atoms with Crippen LogP contribution < -0.4 is 16.8 Å². The van der Waals surface area contributed by atoms with Gasteiger partial charge >= 0.3 is 0 Å². The highest BCUT2D eigenvalue weighted by atomic mass is 35.5. The molecule has 1 aromatic heterocycles. The normalized spacial score (nSPS) is 10.8. The lowest BCUT2D eigenvalue weighted by Crippen LogP contribution is -2.44. The highest BCUT2D eigenvalue weighted by molar-refractivity contribution is 6.30. The monoisotopic (exact) mass is 460 g/mol. The quantitative estimate of drug-likeness (QED) is 0.438. The molecule has 0 radical (unpaired) electrons. The lowest BCUT2D eigenvalue weighted by Gasteiger charge is -2.21. The van der Waals surface area contributed by atoms with Crippen LogP contribution in [-0.2, 0) is 22.7 Å². The number of nitrogens with one attached hydrogen (secondary N) is 1. The van der Waals surface area contributed by atoms with Crippen LogP contribution in [0.25, 0.3) is 10.9 Å². The molecule has 1 heterocycles. The number of benzene rings is 2. The zero-order chi connectivity index (χ0) is 23.3. The number of para-hydroxylation sites is 1. The second-order valence-corrected chi connectivity index (χ2v) is 7.39. The van der Waals surface area contributed by atoms with E-state index in [1.54, 1.807) is 30.3 Å². The van der Waals surface area contributed by atoms with E-state index in [2.05, 4.69) is 10.4 Å². The number of amides is 3. The number of rotatable bonds is 9. The first-order valence-corrected chi connectivity index (χ1v) is 10.1. The first-order chi connectivity index (χ1) is 15.3. The zero-order valence-corrected chi connectivity index (χ0v) is 17.8. The second-order valence-electron chi connectivity index (χ2n) is 6.98.